The third-order valence-corrected chi connectivity index (χ3v) is 4.36. The molecule has 0 saturated heterocycles. The molecule has 3 rings (SSSR count). The van der Waals surface area contributed by atoms with E-state index in [0.717, 1.165) is 18.9 Å². The monoisotopic (exact) mass is 375 g/mol. The van der Waals surface area contributed by atoms with Gasteiger partial charge in [-0.1, -0.05) is 42.5 Å². The highest BCUT2D eigenvalue weighted by molar-refractivity contribution is 6.05. The van der Waals surface area contributed by atoms with E-state index in [1.807, 2.05) is 55.5 Å². The molecule has 1 heterocycles. The number of ether oxygens (including phenoxy) is 1. The molecule has 0 bridgehead atoms. The van der Waals surface area contributed by atoms with Gasteiger partial charge in [-0.05, 0) is 43.7 Å². The molecule has 0 aliphatic rings. The average molecular weight is 375 g/mol. The summed E-state index contributed by atoms with van der Waals surface area (Å²) < 4.78 is 5.58. The number of aromatic nitrogens is 1. The van der Waals surface area contributed by atoms with Crippen molar-refractivity contribution in [1.82, 2.24) is 4.98 Å². The van der Waals surface area contributed by atoms with Crippen molar-refractivity contribution in [2.24, 2.45) is 0 Å². The van der Waals surface area contributed by atoms with Crippen LogP contribution < -0.4 is 15.0 Å². The fourth-order valence-corrected chi connectivity index (χ4v) is 2.94. The Balaban J connectivity index is 1.77. The zero-order valence-corrected chi connectivity index (χ0v) is 16.3. The number of anilines is 2. The molecule has 0 saturated carbocycles. The third kappa shape index (κ3) is 4.88. The van der Waals surface area contributed by atoms with Crippen LogP contribution >= 0.6 is 0 Å². The summed E-state index contributed by atoms with van der Waals surface area (Å²) in [6.07, 6.45) is 1.67. The summed E-state index contributed by atoms with van der Waals surface area (Å²) in [7, 11) is 0. The van der Waals surface area contributed by atoms with Crippen molar-refractivity contribution >= 4 is 17.4 Å². The molecule has 0 unspecified atom stereocenters. The van der Waals surface area contributed by atoms with Crippen LogP contribution in [0.1, 0.15) is 29.8 Å². The first-order valence-corrected chi connectivity index (χ1v) is 9.49. The van der Waals surface area contributed by atoms with Crippen LogP contribution in [-0.2, 0) is 6.54 Å². The van der Waals surface area contributed by atoms with Crippen LogP contribution in [0.25, 0.3) is 0 Å². The molecule has 0 aliphatic heterocycles. The van der Waals surface area contributed by atoms with E-state index in [1.165, 1.54) is 5.56 Å². The second kappa shape index (κ2) is 9.55. The Morgan fingerprint density at radius 1 is 1.04 bits per heavy atom. The minimum absolute atomic E-state index is 0.188. The van der Waals surface area contributed by atoms with Crippen molar-refractivity contribution in [1.29, 1.82) is 0 Å². The zero-order valence-electron chi connectivity index (χ0n) is 16.3. The summed E-state index contributed by atoms with van der Waals surface area (Å²) in [5, 5.41) is 2.94. The maximum absolute atomic E-state index is 12.8. The molecular formula is C23H25N3O2. The molecule has 0 atom stereocenters. The smallest absolute Gasteiger partial charge is 0.255 e. The molecule has 0 fully saturated rings. The molecule has 5 heteroatoms. The summed E-state index contributed by atoms with van der Waals surface area (Å²) in [5.74, 6) is 1.25. The standard InChI is InChI=1S/C23H25N3O2/c1-3-26(17-18-10-6-5-7-11-18)22-16-19(14-15-24-22)23(27)25-20-12-8-9-13-21(20)28-4-2/h5-16H,3-4,17H2,1-2H3,(H,25,27). The number of pyridine rings is 1. The number of carbonyl (C=O) groups excluding carboxylic acids is 1. The molecule has 144 valence electrons. The number of nitrogens with zero attached hydrogens (tertiary/aromatic N) is 2. The van der Waals surface area contributed by atoms with Gasteiger partial charge in [0.1, 0.15) is 11.6 Å². The highest BCUT2D eigenvalue weighted by Crippen LogP contribution is 2.25. The van der Waals surface area contributed by atoms with Gasteiger partial charge in [0.05, 0.1) is 12.3 Å². The fraction of sp³-hybridized carbons (Fsp3) is 0.217. The summed E-state index contributed by atoms with van der Waals surface area (Å²) in [5.41, 5.74) is 2.42. The third-order valence-electron chi connectivity index (χ3n) is 4.36. The van der Waals surface area contributed by atoms with Gasteiger partial charge in [0.25, 0.3) is 5.91 Å². The second-order valence-electron chi connectivity index (χ2n) is 6.29. The Morgan fingerprint density at radius 2 is 1.79 bits per heavy atom. The highest BCUT2D eigenvalue weighted by atomic mass is 16.5. The minimum Gasteiger partial charge on any atom is -0.492 e. The summed E-state index contributed by atoms with van der Waals surface area (Å²) in [4.78, 5) is 19.4. The van der Waals surface area contributed by atoms with E-state index in [2.05, 4.69) is 34.3 Å². The number of rotatable bonds is 8. The number of benzene rings is 2. The molecule has 1 aromatic heterocycles. The van der Waals surface area contributed by atoms with Gasteiger partial charge in [0.15, 0.2) is 0 Å². The van der Waals surface area contributed by atoms with Gasteiger partial charge in [0, 0.05) is 24.8 Å². The van der Waals surface area contributed by atoms with Gasteiger partial charge in [-0.2, -0.15) is 0 Å². The van der Waals surface area contributed by atoms with E-state index in [4.69, 9.17) is 4.74 Å². The summed E-state index contributed by atoms with van der Waals surface area (Å²) in [6.45, 7) is 6.06. The first kappa shape index (κ1) is 19.4. The zero-order chi connectivity index (χ0) is 19.8. The molecule has 3 aromatic rings. The number of hydrogen-bond acceptors (Lipinski definition) is 4. The molecule has 1 amide bonds. The van der Waals surface area contributed by atoms with Crippen LogP contribution in [0.4, 0.5) is 11.5 Å². The first-order chi connectivity index (χ1) is 13.7. The number of nitrogens with one attached hydrogen (secondary N) is 1. The molecule has 5 nitrogen and oxygen atoms in total. The lowest BCUT2D eigenvalue weighted by Crippen LogP contribution is -2.23. The summed E-state index contributed by atoms with van der Waals surface area (Å²) >= 11 is 0. The maximum atomic E-state index is 12.8. The normalized spacial score (nSPS) is 10.4. The van der Waals surface area contributed by atoms with Crippen molar-refractivity contribution in [3.05, 3.63) is 84.1 Å². The molecule has 28 heavy (non-hydrogen) atoms. The molecule has 0 spiro atoms. The van der Waals surface area contributed by atoms with Crippen molar-refractivity contribution in [2.75, 3.05) is 23.4 Å². The molecular weight excluding hydrogens is 350 g/mol. The van der Waals surface area contributed by atoms with Gasteiger partial charge < -0.3 is 15.0 Å². The van der Waals surface area contributed by atoms with E-state index in [1.54, 1.807) is 12.3 Å². The van der Waals surface area contributed by atoms with Crippen molar-refractivity contribution in [3.63, 3.8) is 0 Å². The predicted octanol–water partition coefficient (Wildman–Crippen LogP) is 4.76. The Labute approximate surface area is 166 Å². The van der Waals surface area contributed by atoms with E-state index in [9.17, 15) is 4.79 Å². The lowest BCUT2D eigenvalue weighted by atomic mass is 10.2. The van der Waals surface area contributed by atoms with E-state index in [0.29, 0.717) is 23.6 Å². The number of hydrogen-bond donors (Lipinski definition) is 1. The van der Waals surface area contributed by atoms with Crippen molar-refractivity contribution in [2.45, 2.75) is 20.4 Å². The van der Waals surface area contributed by atoms with Gasteiger partial charge >= 0.3 is 0 Å². The minimum atomic E-state index is -0.188. The van der Waals surface area contributed by atoms with Crippen LogP contribution in [0, 0.1) is 0 Å². The van der Waals surface area contributed by atoms with Gasteiger partial charge in [-0.3, -0.25) is 4.79 Å². The number of para-hydroxylation sites is 2. The van der Waals surface area contributed by atoms with Crippen LogP contribution in [0.15, 0.2) is 72.9 Å². The summed E-state index contributed by atoms with van der Waals surface area (Å²) in [6, 6.07) is 21.2. The van der Waals surface area contributed by atoms with Crippen LogP contribution in [0.3, 0.4) is 0 Å². The average Bonchev–Trinajstić information content (AvgIpc) is 2.74. The Morgan fingerprint density at radius 3 is 2.54 bits per heavy atom. The van der Waals surface area contributed by atoms with E-state index in [-0.39, 0.29) is 5.91 Å². The van der Waals surface area contributed by atoms with Crippen molar-refractivity contribution in [3.8, 4) is 5.75 Å². The molecule has 2 aromatic carbocycles. The SMILES string of the molecule is CCOc1ccccc1NC(=O)c1ccnc(N(CC)Cc2ccccc2)c1. The molecule has 1 N–H and O–H groups in total. The van der Waals surface area contributed by atoms with Crippen LogP contribution in [0.2, 0.25) is 0 Å². The quantitative estimate of drug-likeness (QED) is 0.617. The lowest BCUT2D eigenvalue weighted by Gasteiger charge is -2.22. The van der Waals surface area contributed by atoms with Gasteiger partial charge in [0.2, 0.25) is 0 Å². The maximum Gasteiger partial charge on any atom is 0.255 e. The highest BCUT2D eigenvalue weighted by Gasteiger charge is 2.13. The lowest BCUT2D eigenvalue weighted by molar-refractivity contribution is 0.102. The van der Waals surface area contributed by atoms with E-state index < -0.39 is 0 Å². The Kier molecular flexibility index (Phi) is 6.63. The Bertz CT molecular complexity index is 912. The van der Waals surface area contributed by atoms with E-state index >= 15 is 0 Å². The second-order valence-corrected chi connectivity index (χ2v) is 6.29. The first-order valence-electron chi connectivity index (χ1n) is 9.49. The topological polar surface area (TPSA) is 54.5 Å². The largest absolute Gasteiger partial charge is 0.492 e. The Hall–Kier alpha value is -3.34. The molecule has 0 radical (unpaired) electrons. The van der Waals surface area contributed by atoms with Crippen LogP contribution in [0.5, 0.6) is 5.75 Å². The van der Waals surface area contributed by atoms with Crippen molar-refractivity contribution < 1.29 is 9.53 Å². The predicted molar refractivity (Wildman–Crippen MR) is 113 cm³/mol. The molecule has 0 aliphatic carbocycles. The number of carbonyl (C=O) groups is 1. The van der Waals surface area contributed by atoms with Gasteiger partial charge in [-0.25, -0.2) is 4.98 Å². The van der Waals surface area contributed by atoms with Gasteiger partial charge in [-0.15, -0.1) is 0 Å². The van der Waals surface area contributed by atoms with Crippen LogP contribution in [-0.4, -0.2) is 24.0 Å². The number of amides is 1. The fourth-order valence-electron chi connectivity index (χ4n) is 2.94.